The second kappa shape index (κ2) is 8.96. The van der Waals surface area contributed by atoms with Gasteiger partial charge in [0, 0.05) is 16.0 Å². The van der Waals surface area contributed by atoms with Crippen LogP contribution in [0.2, 0.25) is 10.0 Å². The zero-order chi connectivity index (χ0) is 22.0. The van der Waals surface area contributed by atoms with E-state index in [1.54, 1.807) is 12.1 Å². The summed E-state index contributed by atoms with van der Waals surface area (Å²) in [5.41, 5.74) is 2.74. The van der Waals surface area contributed by atoms with Crippen LogP contribution in [0.3, 0.4) is 0 Å². The van der Waals surface area contributed by atoms with E-state index in [0.717, 1.165) is 16.8 Å². The first-order valence-corrected chi connectivity index (χ1v) is 12.0. The lowest BCUT2D eigenvalue weighted by molar-refractivity contribution is 0.472. The van der Waals surface area contributed by atoms with Crippen LogP contribution in [-0.2, 0) is 10.0 Å². The van der Waals surface area contributed by atoms with E-state index in [0.29, 0.717) is 16.6 Å². The molecule has 9 heteroatoms. The van der Waals surface area contributed by atoms with Crippen molar-refractivity contribution in [2.75, 3.05) is 6.54 Å². The largest absolute Gasteiger partial charge is 0.263 e. The van der Waals surface area contributed by atoms with Crippen molar-refractivity contribution in [2.24, 2.45) is 5.10 Å². The predicted molar refractivity (Wildman–Crippen MR) is 128 cm³/mol. The molecule has 0 fully saturated rings. The van der Waals surface area contributed by atoms with Crippen LogP contribution in [0.25, 0.3) is 0 Å². The Morgan fingerprint density at radius 2 is 1.52 bits per heavy atom. The highest BCUT2D eigenvalue weighted by Gasteiger charge is 2.32. The van der Waals surface area contributed by atoms with Gasteiger partial charge in [-0.3, -0.25) is 4.72 Å². The lowest BCUT2D eigenvalue weighted by Gasteiger charge is -2.18. The van der Waals surface area contributed by atoms with E-state index in [9.17, 15) is 8.42 Å². The molecule has 1 aliphatic heterocycles. The summed E-state index contributed by atoms with van der Waals surface area (Å²) in [6, 6.07) is 23.1. The van der Waals surface area contributed by atoms with E-state index in [4.69, 9.17) is 35.4 Å². The first-order valence-electron chi connectivity index (χ1n) is 9.33. The number of thiocarbonyl (C=S) groups is 1. The SMILES string of the molecule is O=S(=O)(NC(=S)N1CC(c2ccccc2)C(c2ccc(Cl)cc2)=N1)c1ccc(Cl)cc1. The number of hydrogen-bond acceptors (Lipinski definition) is 4. The second-order valence-corrected chi connectivity index (χ2v) is 9.84. The maximum absolute atomic E-state index is 12.7. The minimum atomic E-state index is -3.86. The Kier molecular flexibility index (Phi) is 6.29. The molecule has 0 radical (unpaired) electrons. The Balaban J connectivity index is 1.62. The molecule has 0 aromatic heterocycles. The van der Waals surface area contributed by atoms with E-state index in [1.807, 2.05) is 42.5 Å². The van der Waals surface area contributed by atoms with Crippen LogP contribution in [0.4, 0.5) is 0 Å². The van der Waals surface area contributed by atoms with Gasteiger partial charge in [-0.25, -0.2) is 13.4 Å². The molecule has 0 bridgehead atoms. The van der Waals surface area contributed by atoms with Gasteiger partial charge in [-0.05, 0) is 59.7 Å². The molecule has 158 valence electrons. The molecule has 0 amide bonds. The number of hydrazone groups is 1. The molecule has 3 aromatic rings. The Morgan fingerprint density at radius 3 is 2.13 bits per heavy atom. The average molecular weight is 490 g/mol. The summed E-state index contributed by atoms with van der Waals surface area (Å²) in [6.07, 6.45) is 0. The van der Waals surface area contributed by atoms with Gasteiger partial charge in [0.1, 0.15) is 0 Å². The highest BCUT2D eigenvalue weighted by atomic mass is 35.5. The third-order valence-corrected chi connectivity index (χ3v) is 7.14. The normalized spacial score (nSPS) is 16.1. The number of sulfonamides is 1. The summed E-state index contributed by atoms with van der Waals surface area (Å²) in [6.45, 7) is 0.407. The minimum Gasteiger partial charge on any atom is -0.254 e. The number of hydrogen-bond donors (Lipinski definition) is 1. The van der Waals surface area contributed by atoms with Crippen molar-refractivity contribution in [3.63, 3.8) is 0 Å². The Bertz CT molecular complexity index is 1230. The molecule has 0 saturated carbocycles. The Morgan fingerprint density at radius 1 is 0.935 bits per heavy atom. The molecule has 0 saturated heterocycles. The molecule has 4 rings (SSSR count). The maximum Gasteiger partial charge on any atom is 0.263 e. The molecular weight excluding hydrogens is 473 g/mol. The molecule has 1 heterocycles. The molecule has 3 aromatic carbocycles. The van der Waals surface area contributed by atoms with Gasteiger partial charge in [0.05, 0.1) is 17.2 Å². The third kappa shape index (κ3) is 4.91. The van der Waals surface area contributed by atoms with Gasteiger partial charge in [0.2, 0.25) is 5.11 Å². The Labute approximate surface area is 196 Å². The van der Waals surface area contributed by atoms with Gasteiger partial charge in [0.25, 0.3) is 10.0 Å². The molecule has 31 heavy (non-hydrogen) atoms. The van der Waals surface area contributed by atoms with Crippen molar-refractivity contribution in [1.82, 2.24) is 9.73 Å². The standard InChI is InChI=1S/C22H17Cl2N3O2S2/c23-17-8-6-16(7-9-17)21-20(15-4-2-1-3-5-15)14-27(25-21)22(30)26-31(28,29)19-12-10-18(24)11-13-19/h1-13,20H,14H2,(H,26,30). The average Bonchev–Trinajstić information content (AvgIpc) is 3.21. The van der Waals surface area contributed by atoms with Gasteiger partial charge in [0.15, 0.2) is 0 Å². The van der Waals surface area contributed by atoms with Crippen LogP contribution in [0, 0.1) is 0 Å². The zero-order valence-corrected chi connectivity index (χ0v) is 19.2. The molecule has 1 atom stereocenters. The van der Waals surface area contributed by atoms with Crippen molar-refractivity contribution in [3.8, 4) is 0 Å². The number of benzene rings is 3. The molecular formula is C22H17Cl2N3O2S2. The fourth-order valence-electron chi connectivity index (χ4n) is 3.30. The van der Waals surface area contributed by atoms with Crippen LogP contribution < -0.4 is 4.72 Å². The summed E-state index contributed by atoms with van der Waals surface area (Å²) in [5, 5.41) is 7.23. The second-order valence-electron chi connectivity index (χ2n) is 6.90. The van der Waals surface area contributed by atoms with Gasteiger partial charge >= 0.3 is 0 Å². The highest BCUT2D eigenvalue weighted by Crippen LogP contribution is 2.29. The predicted octanol–water partition coefficient (Wildman–Crippen LogP) is 5.06. The van der Waals surface area contributed by atoms with Crippen molar-refractivity contribution in [3.05, 3.63) is 100 Å². The zero-order valence-electron chi connectivity index (χ0n) is 16.1. The lowest BCUT2D eigenvalue weighted by Crippen LogP contribution is -2.39. The topological polar surface area (TPSA) is 61.8 Å². The summed E-state index contributed by atoms with van der Waals surface area (Å²) < 4.78 is 27.9. The van der Waals surface area contributed by atoms with Gasteiger partial charge in [-0.15, -0.1) is 0 Å². The molecule has 1 N–H and O–H groups in total. The number of rotatable bonds is 4. The Hall–Kier alpha value is -2.45. The number of nitrogens with one attached hydrogen (secondary N) is 1. The highest BCUT2D eigenvalue weighted by molar-refractivity contribution is 7.91. The van der Waals surface area contributed by atoms with Crippen LogP contribution in [-0.4, -0.2) is 30.8 Å². The van der Waals surface area contributed by atoms with Crippen molar-refractivity contribution in [1.29, 1.82) is 0 Å². The summed E-state index contributed by atoms with van der Waals surface area (Å²) in [7, 11) is -3.86. The molecule has 1 aliphatic rings. The summed E-state index contributed by atoms with van der Waals surface area (Å²) >= 11 is 17.3. The van der Waals surface area contributed by atoms with E-state index in [1.165, 1.54) is 29.3 Å². The smallest absolute Gasteiger partial charge is 0.254 e. The lowest BCUT2D eigenvalue weighted by atomic mass is 9.91. The minimum absolute atomic E-state index is 0.000144. The van der Waals surface area contributed by atoms with Crippen molar-refractivity contribution >= 4 is 56.3 Å². The fraction of sp³-hybridized carbons (Fsp3) is 0.0909. The van der Waals surface area contributed by atoms with Crippen molar-refractivity contribution in [2.45, 2.75) is 10.8 Å². The van der Waals surface area contributed by atoms with E-state index < -0.39 is 10.0 Å². The first kappa shape index (κ1) is 21.8. The van der Waals surface area contributed by atoms with Crippen LogP contribution in [0.1, 0.15) is 17.0 Å². The monoisotopic (exact) mass is 489 g/mol. The van der Waals surface area contributed by atoms with Crippen LogP contribution >= 0.6 is 35.4 Å². The van der Waals surface area contributed by atoms with Gasteiger partial charge < -0.3 is 0 Å². The molecule has 0 spiro atoms. The molecule has 1 unspecified atom stereocenters. The number of halogens is 2. The first-order chi connectivity index (χ1) is 14.8. The third-order valence-electron chi connectivity index (χ3n) is 4.84. The summed E-state index contributed by atoms with van der Waals surface area (Å²) in [5.74, 6) is -0.0830. The quantitative estimate of drug-likeness (QED) is 0.520. The van der Waals surface area contributed by atoms with E-state index in [-0.39, 0.29) is 15.9 Å². The number of nitrogens with zero attached hydrogens (tertiary/aromatic N) is 2. The summed E-state index contributed by atoms with van der Waals surface area (Å²) in [4.78, 5) is 0.0694. The van der Waals surface area contributed by atoms with E-state index >= 15 is 0 Å². The van der Waals surface area contributed by atoms with Gasteiger partial charge in [-0.2, -0.15) is 5.10 Å². The van der Waals surface area contributed by atoms with E-state index in [2.05, 4.69) is 9.82 Å². The maximum atomic E-state index is 12.7. The van der Waals surface area contributed by atoms with Crippen LogP contribution in [0.15, 0.2) is 88.9 Å². The van der Waals surface area contributed by atoms with Crippen LogP contribution in [0.5, 0.6) is 0 Å². The molecule has 0 aliphatic carbocycles. The molecule has 5 nitrogen and oxygen atoms in total. The van der Waals surface area contributed by atoms with Gasteiger partial charge in [-0.1, -0.05) is 65.7 Å². The fourth-order valence-corrected chi connectivity index (χ4v) is 4.94. The van der Waals surface area contributed by atoms with Crippen molar-refractivity contribution < 1.29 is 8.42 Å².